The average Bonchev–Trinajstić information content (AvgIpc) is 3.03. The van der Waals surface area contributed by atoms with Crippen LogP contribution in [0.3, 0.4) is 0 Å². The van der Waals surface area contributed by atoms with Crippen LogP contribution in [0.1, 0.15) is 23.4 Å². The van der Waals surface area contributed by atoms with Crippen LogP contribution in [0.2, 0.25) is 0 Å². The van der Waals surface area contributed by atoms with Gasteiger partial charge in [0.25, 0.3) is 5.56 Å². The molecule has 2 aromatic rings. The fourth-order valence-electron chi connectivity index (χ4n) is 2.39. The van der Waals surface area contributed by atoms with E-state index in [1.807, 2.05) is 11.6 Å². The number of methoxy groups -OCH3 is 1. The molecule has 1 aliphatic carbocycles. The summed E-state index contributed by atoms with van der Waals surface area (Å²) >= 11 is 1.49. The number of nitrogens with zero attached hydrogens (tertiary/aromatic N) is 3. The number of aromatic amines is 1. The molecule has 106 valence electrons. The third kappa shape index (κ3) is 2.33. The van der Waals surface area contributed by atoms with Gasteiger partial charge < -0.3 is 14.3 Å². The minimum Gasteiger partial charge on any atom is -0.480 e. The molecule has 3 rings (SSSR count). The van der Waals surface area contributed by atoms with Crippen LogP contribution in [0.25, 0.3) is 0 Å². The van der Waals surface area contributed by atoms with E-state index in [1.165, 1.54) is 11.8 Å². The van der Waals surface area contributed by atoms with Crippen LogP contribution < -0.4 is 10.3 Å². The van der Waals surface area contributed by atoms with Crippen molar-refractivity contribution in [2.75, 3.05) is 7.11 Å². The highest BCUT2D eigenvalue weighted by Crippen LogP contribution is 2.25. The topological polar surface area (TPSA) is 72.8 Å². The molecule has 0 fully saturated rings. The van der Waals surface area contributed by atoms with Gasteiger partial charge in [0.2, 0.25) is 5.88 Å². The van der Waals surface area contributed by atoms with Crippen molar-refractivity contribution in [3.8, 4) is 5.88 Å². The lowest BCUT2D eigenvalue weighted by atomic mass is 10.3. The van der Waals surface area contributed by atoms with E-state index < -0.39 is 0 Å². The summed E-state index contributed by atoms with van der Waals surface area (Å²) in [6, 6.07) is 0. The summed E-state index contributed by atoms with van der Waals surface area (Å²) in [5.41, 5.74) is 2.79. The smallest absolute Gasteiger partial charge is 0.254 e. The summed E-state index contributed by atoms with van der Waals surface area (Å²) in [6.45, 7) is 0. The number of nitrogens with one attached hydrogen (secondary N) is 1. The Balaban J connectivity index is 1.81. The number of thioether (sulfide) groups is 1. The maximum atomic E-state index is 11.9. The molecule has 0 saturated carbocycles. The van der Waals surface area contributed by atoms with Gasteiger partial charge in [0, 0.05) is 18.4 Å². The number of H-pyrrole nitrogens is 1. The van der Waals surface area contributed by atoms with Gasteiger partial charge in [-0.2, -0.15) is 0 Å². The maximum Gasteiger partial charge on any atom is 0.254 e. The Kier molecular flexibility index (Phi) is 3.52. The first-order chi connectivity index (χ1) is 9.69. The van der Waals surface area contributed by atoms with Crippen molar-refractivity contribution >= 4 is 11.8 Å². The maximum absolute atomic E-state index is 11.9. The molecular formula is C13H16N4O2S. The second-order valence-corrected chi connectivity index (χ2v) is 5.71. The van der Waals surface area contributed by atoms with E-state index in [1.54, 1.807) is 13.4 Å². The van der Waals surface area contributed by atoms with E-state index in [9.17, 15) is 4.79 Å². The van der Waals surface area contributed by atoms with E-state index in [4.69, 9.17) is 4.74 Å². The summed E-state index contributed by atoms with van der Waals surface area (Å²) in [4.78, 5) is 23.5. The number of imidazole rings is 1. The second-order valence-electron chi connectivity index (χ2n) is 4.75. The highest BCUT2D eigenvalue weighted by Gasteiger charge is 2.18. The van der Waals surface area contributed by atoms with Crippen LogP contribution in [0.5, 0.6) is 5.88 Å². The molecule has 0 radical (unpaired) electrons. The minimum absolute atomic E-state index is 0.00645. The quantitative estimate of drug-likeness (QED) is 0.679. The van der Waals surface area contributed by atoms with Gasteiger partial charge in [0.1, 0.15) is 0 Å². The van der Waals surface area contributed by atoms with Gasteiger partial charge in [0.15, 0.2) is 5.16 Å². The van der Waals surface area contributed by atoms with Crippen molar-refractivity contribution in [3.05, 3.63) is 33.6 Å². The Labute approximate surface area is 120 Å². The molecule has 0 aromatic carbocycles. The lowest BCUT2D eigenvalue weighted by Gasteiger charge is -2.06. The standard InChI is InChI=1S/C13H16N4O2S/c1-17-7-14-12(19-2)10(17)6-20-13-15-9-5-3-4-8(9)11(18)16-13/h7H,3-6H2,1-2H3,(H,15,16,18). The first-order valence-electron chi connectivity index (χ1n) is 6.48. The number of aromatic nitrogens is 4. The first-order valence-corrected chi connectivity index (χ1v) is 7.46. The van der Waals surface area contributed by atoms with Gasteiger partial charge in [0.05, 0.1) is 24.8 Å². The zero-order chi connectivity index (χ0) is 14.1. The Morgan fingerprint density at radius 2 is 2.35 bits per heavy atom. The molecule has 6 nitrogen and oxygen atoms in total. The Bertz CT molecular complexity index is 692. The Morgan fingerprint density at radius 3 is 3.15 bits per heavy atom. The van der Waals surface area contributed by atoms with Gasteiger partial charge in [-0.3, -0.25) is 4.79 Å². The van der Waals surface area contributed by atoms with Gasteiger partial charge >= 0.3 is 0 Å². The van der Waals surface area contributed by atoms with Crippen molar-refractivity contribution in [3.63, 3.8) is 0 Å². The molecule has 0 bridgehead atoms. The predicted molar refractivity (Wildman–Crippen MR) is 76.2 cm³/mol. The van der Waals surface area contributed by atoms with E-state index in [-0.39, 0.29) is 5.56 Å². The van der Waals surface area contributed by atoms with Crippen molar-refractivity contribution in [1.82, 2.24) is 19.5 Å². The van der Waals surface area contributed by atoms with Crippen molar-refractivity contribution in [1.29, 1.82) is 0 Å². The number of ether oxygens (including phenoxy) is 1. The van der Waals surface area contributed by atoms with Crippen LogP contribution >= 0.6 is 11.8 Å². The fourth-order valence-corrected chi connectivity index (χ4v) is 3.33. The van der Waals surface area contributed by atoms with E-state index in [0.29, 0.717) is 16.8 Å². The lowest BCUT2D eigenvalue weighted by molar-refractivity contribution is 0.395. The van der Waals surface area contributed by atoms with Gasteiger partial charge in [-0.25, -0.2) is 9.97 Å². The highest BCUT2D eigenvalue weighted by molar-refractivity contribution is 7.98. The number of hydrogen-bond donors (Lipinski definition) is 1. The molecule has 2 aromatic heterocycles. The zero-order valence-corrected chi connectivity index (χ0v) is 12.3. The molecule has 0 atom stereocenters. The summed E-state index contributed by atoms with van der Waals surface area (Å²) in [6.07, 6.45) is 4.49. The summed E-state index contributed by atoms with van der Waals surface area (Å²) in [5, 5.41) is 0.666. The molecule has 2 heterocycles. The SMILES string of the molecule is COc1ncn(C)c1CSc1nc2c(c(=O)[nH]1)CCC2. The fraction of sp³-hybridized carbons (Fsp3) is 0.462. The van der Waals surface area contributed by atoms with E-state index >= 15 is 0 Å². The summed E-state index contributed by atoms with van der Waals surface area (Å²) in [7, 11) is 3.52. The summed E-state index contributed by atoms with van der Waals surface area (Å²) in [5.74, 6) is 1.27. The van der Waals surface area contributed by atoms with E-state index in [2.05, 4.69) is 15.0 Å². The molecule has 20 heavy (non-hydrogen) atoms. The number of hydrogen-bond acceptors (Lipinski definition) is 5. The zero-order valence-electron chi connectivity index (χ0n) is 11.5. The molecule has 1 aliphatic rings. The third-order valence-electron chi connectivity index (χ3n) is 3.48. The highest BCUT2D eigenvalue weighted by atomic mass is 32.2. The molecule has 1 N–H and O–H groups in total. The van der Waals surface area contributed by atoms with Crippen LogP contribution in [0, 0.1) is 0 Å². The van der Waals surface area contributed by atoms with Crippen LogP contribution in [-0.2, 0) is 25.6 Å². The predicted octanol–water partition coefficient (Wildman–Crippen LogP) is 1.29. The van der Waals surface area contributed by atoms with Gasteiger partial charge in [-0.05, 0) is 19.3 Å². The number of rotatable bonds is 4. The monoisotopic (exact) mass is 292 g/mol. The molecular weight excluding hydrogens is 276 g/mol. The molecule has 0 amide bonds. The Morgan fingerprint density at radius 1 is 1.50 bits per heavy atom. The van der Waals surface area contributed by atoms with Crippen molar-refractivity contribution in [2.24, 2.45) is 7.05 Å². The number of fused-ring (bicyclic) bond motifs is 1. The summed E-state index contributed by atoms with van der Waals surface area (Å²) < 4.78 is 7.13. The molecule has 0 aliphatic heterocycles. The molecule has 0 spiro atoms. The van der Waals surface area contributed by atoms with E-state index in [0.717, 1.165) is 36.2 Å². The van der Waals surface area contributed by atoms with Crippen LogP contribution in [0.15, 0.2) is 16.3 Å². The van der Waals surface area contributed by atoms with Crippen molar-refractivity contribution in [2.45, 2.75) is 30.2 Å². The van der Waals surface area contributed by atoms with Crippen LogP contribution in [-0.4, -0.2) is 26.6 Å². The van der Waals surface area contributed by atoms with Crippen LogP contribution in [0.4, 0.5) is 0 Å². The first kappa shape index (κ1) is 13.2. The molecule has 0 unspecified atom stereocenters. The Hall–Kier alpha value is -1.76. The molecule has 7 heteroatoms. The largest absolute Gasteiger partial charge is 0.480 e. The lowest BCUT2D eigenvalue weighted by Crippen LogP contribution is -2.15. The minimum atomic E-state index is 0.00645. The molecule has 0 saturated heterocycles. The number of aryl methyl sites for hydroxylation is 2. The second kappa shape index (κ2) is 5.32. The van der Waals surface area contributed by atoms with Gasteiger partial charge in [-0.1, -0.05) is 11.8 Å². The third-order valence-corrected chi connectivity index (χ3v) is 4.36. The van der Waals surface area contributed by atoms with Gasteiger partial charge in [-0.15, -0.1) is 0 Å². The average molecular weight is 292 g/mol. The normalized spacial score (nSPS) is 13.5. The van der Waals surface area contributed by atoms with Crippen molar-refractivity contribution < 1.29 is 4.74 Å².